The van der Waals surface area contributed by atoms with Crippen molar-refractivity contribution in [2.45, 2.75) is 12.5 Å². The van der Waals surface area contributed by atoms with Crippen LogP contribution in [0.15, 0.2) is 30.5 Å². The first kappa shape index (κ1) is 17.0. The van der Waals surface area contributed by atoms with E-state index in [0.29, 0.717) is 11.3 Å². The van der Waals surface area contributed by atoms with Crippen LogP contribution in [0.1, 0.15) is 12.6 Å². The van der Waals surface area contributed by atoms with Crippen molar-refractivity contribution >= 4 is 35.2 Å². The van der Waals surface area contributed by atoms with E-state index in [2.05, 4.69) is 10.3 Å². The number of pyridine rings is 1. The maximum absolute atomic E-state index is 12.0. The molecule has 0 radical (unpaired) electrons. The zero-order valence-corrected chi connectivity index (χ0v) is 13.4. The number of aliphatic carboxylic acids is 1. The lowest BCUT2D eigenvalue weighted by Gasteiger charge is -2.24. The number of carboxylic acids is 1. The van der Waals surface area contributed by atoms with Crippen LogP contribution in [0.2, 0.25) is 5.15 Å². The van der Waals surface area contributed by atoms with Gasteiger partial charge in [0.05, 0.1) is 12.3 Å². The number of imidazole rings is 1. The molecule has 23 heavy (non-hydrogen) atoms. The third kappa shape index (κ3) is 3.69. The molecule has 0 saturated carbocycles. The summed E-state index contributed by atoms with van der Waals surface area (Å²) in [6.45, 7) is 1.21. The van der Waals surface area contributed by atoms with Crippen LogP contribution in [0.3, 0.4) is 0 Å². The second-order valence-corrected chi connectivity index (χ2v) is 5.47. The van der Waals surface area contributed by atoms with Gasteiger partial charge < -0.3 is 15.2 Å². The number of ether oxygens (including phenoxy) is 1. The quantitative estimate of drug-likeness (QED) is 0.781. The van der Waals surface area contributed by atoms with Gasteiger partial charge in [0.15, 0.2) is 10.7 Å². The summed E-state index contributed by atoms with van der Waals surface area (Å²) in [6, 6.07) is 5.41. The summed E-state index contributed by atoms with van der Waals surface area (Å²) in [5.41, 5.74) is -0.340. The Labute approximate surface area is 137 Å². The van der Waals surface area contributed by atoms with Crippen molar-refractivity contribution in [1.29, 1.82) is 0 Å². The van der Waals surface area contributed by atoms with Gasteiger partial charge in [-0.1, -0.05) is 17.7 Å². The highest BCUT2D eigenvalue weighted by atomic mass is 35.5. The smallest absolute Gasteiger partial charge is 0.331 e. The van der Waals surface area contributed by atoms with Crippen LogP contribution >= 0.6 is 11.6 Å². The van der Waals surface area contributed by atoms with E-state index in [-0.39, 0.29) is 11.8 Å². The topological polar surface area (TPSA) is 92.9 Å². The number of carbonyl (C=O) groups is 2. The van der Waals surface area contributed by atoms with Crippen LogP contribution in [0.5, 0.6) is 0 Å². The van der Waals surface area contributed by atoms with E-state index >= 15 is 0 Å². The standard InChI is InChI=1S/C15H16ClN3O4/c1-15(9-23-2,14(21)22)18-12(20)7-6-10-13(16)17-11-5-3-4-8-19(10)11/h3-8H,9H2,1-2H3,(H,18,20)(H,21,22). The Hall–Kier alpha value is -2.38. The molecule has 0 saturated heterocycles. The predicted molar refractivity (Wildman–Crippen MR) is 85.3 cm³/mol. The number of aromatic nitrogens is 2. The van der Waals surface area contributed by atoms with Crippen LogP contribution in [0.4, 0.5) is 0 Å². The molecule has 0 aliphatic rings. The van der Waals surface area contributed by atoms with E-state index in [1.807, 2.05) is 12.1 Å². The molecule has 0 spiro atoms. The van der Waals surface area contributed by atoms with Crippen molar-refractivity contribution in [1.82, 2.24) is 14.7 Å². The van der Waals surface area contributed by atoms with Gasteiger partial charge in [0.1, 0.15) is 5.65 Å². The minimum atomic E-state index is -1.51. The number of fused-ring (bicyclic) bond motifs is 1. The number of nitrogens with one attached hydrogen (secondary N) is 1. The van der Waals surface area contributed by atoms with Crippen LogP contribution in [0.25, 0.3) is 11.7 Å². The Morgan fingerprint density at radius 1 is 1.52 bits per heavy atom. The highest BCUT2D eigenvalue weighted by molar-refractivity contribution is 6.31. The minimum Gasteiger partial charge on any atom is -0.479 e. The van der Waals surface area contributed by atoms with Gasteiger partial charge in [0, 0.05) is 19.4 Å². The van der Waals surface area contributed by atoms with Crippen molar-refractivity contribution in [2.24, 2.45) is 0 Å². The number of methoxy groups -OCH3 is 1. The number of halogens is 1. The Morgan fingerprint density at radius 3 is 2.91 bits per heavy atom. The SMILES string of the molecule is COCC(C)(NC(=O)C=Cc1c(Cl)nc2ccccn12)C(=O)O. The minimum absolute atomic E-state index is 0.154. The lowest BCUT2D eigenvalue weighted by molar-refractivity contribution is -0.148. The van der Waals surface area contributed by atoms with E-state index in [9.17, 15) is 14.7 Å². The molecule has 2 N–H and O–H groups in total. The van der Waals surface area contributed by atoms with Gasteiger partial charge >= 0.3 is 5.97 Å². The summed E-state index contributed by atoms with van der Waals surface area (Å²) in [4.78, 5) is 27.4. The Balaban J connectivity index is 2.20. The van der Waals surface area contributed by atoms with E-state index in [0.717, 1.165) is 0 Å². The van der Waals surface area contributed by atoms with Crippen LogP contribution in [0, 0.1) is 0 Å². The molecule has 122 valence electrons. The fourth-order valence-corrected chi connectivity index (χ4v) is 2.28. The predicted octanol–water partition coefficient (Wildman–Crippen LogP) is 1.61. The number of carbonyl (C=O) groups excluding carboxylic acids is 1. The molecule has 2 aromatic heterocycles. The summed E-state index contributed by atoms with van der Waals surface area (Å²) in [7, 11) is 1.36. The Kier molecular flexibility index (Phi) is 5.02. The highest BCUT2D eigenvalue weighted by Gasteiger charge is 2.34. The fourth-order valence-electron chi connectivity index (χ4n) is 2.04. The van der Waals surface area contributed by atoms with Crippen molar-refractivity contribution in [3.63, 3.8) is 0 Å². The first-order valence-corrected chi connectivity index (χ1v) is 7.10. The summed E-state index contributed by atoms with van der Waals surface area (Å²) < 4.78 is 6.56. The summed E-state index contributed by atoms with van der Waals surface area (Å²) in [6.07, 6.45) is 4.45. The van der Waals surface area contributed by atoms with Gasteiger partial charge in [0.25, 0.3) is 0 Å². The van der Waals surface area contributed by atoms with Gasteiger partial charge in [-0.25, -0.2) is 9.78 Å². The number of hydrogen-bond acceptors (Lipinski definition) is 4. The van der Waals surface area contributed by atoms with Crippen molar-refractivity contribution in [2.75, 3.05) is 13.7 Å². The number of rotatable bonds is 6. The van der Waals surface area contributed by atoms with Crippen molar-refractivity contribution < 1.29 is 19.4 Å². The third-order valence-electron chi connectivity index (χ3n) is 3.22. The monoisotopic (exact) mass is 337 g/mol. The zero-order chi connectivity index (χ0) is 17.0. The molecule has 1 amide bonds. The number of amides is 1. The Bertz CT molecular complexity index is 771. The van der Waals surface area contributed by atoms with Gasteiger partial charge in [-0.3, -0.25) is 9.20 Å². The molecule has 0 bridgehead atoms. The van der Waals surface area contributed by atoms with Gasteiger partial charge in [0.2, 0.25) is 5.91 Å². The second-order valence-electron chi connectivity index (χ2n) is 5.11. The average molecular weight is 338 g/mol. The molecule has 1 unspecified atom stereocenters. The maximum Gasteiger partial charge on any atom is 0.331 e. The van der Waals surface area contributed by atoms with Crippen molar-refractivity contribution in [3.8, 4) is 0 Å². The first-order chi connectivity index (χ1) is 10.9. The molecule has 0 aliphatic heterocycles. The van der Waals surface area contributed by atoms with Gasteiger partial charge in [-0.15, -0.1) is 0 Å². The first-order valence-electron chi connectivity index (χ1n) is 6.72. The molecule has 7 nitrogen and oxygen atoms in total. The van der Waals surface area contributed by atoms with E-state index in [1.54, 1.807) is 16.7 Å². The fraction of sp³-hybridized carbons (Fsp3) is 0.267. The molecular weight excluding hydrogens is 322 g/mol. The molecule has 1 atom stereocenters. The molecule has 2 heterocycles. The maximum atomic E-state index is 12.0. The third-order valence-corrected chi connectivity index (χ3v) is 3.50. The van der Waals surface area contributed by atoms with Crippen LogP contribution in [-0.4, -0.2) is 45.6 Å². The Morgan fingerprint density at radius 2 is 2.26 bits per heavy atom. The number of carboxylic acid groups (broad SMARTS) is 1. The molecule has 0 fully saturated rings. The molecule has 2 rings (SSSR count). The van der Waals surface area contributed by atoms with Crippen molar-refractivity contribution in [3.05, 3.63) is 41.3 Å². The van der Waals surface area contributed by atoms with E-state index in [1.165, 1.54) is 26.2 Å². The normalized spacial score (nSPS) is 14.0. The van der Waals surface area contributed by atoms with Crippen LogP contribution < -0.4 is 5.32 Å². The molecule has 2 aromatic rings. The van der Waals surface area contributed by atoms with Crippen LogP contribution in [-0.2, 0) is 14.3 Å². The molecule has 0 aliphatic carbocycles. The number of hydrogen-bond donors (Lipinski definition) is 2. The van der Waals surface area contributed by atoms with E-state index < -0.39 is 17.4 Å². The summed E-state index contributed by atoms with van der Waals surface area (Å²) >= 11 is 6.06. The summed E-state index contributed by atoms with van der Waals surface area (Å²) in [5.74, 6) is -1.76. The highest BCUT2D eigenvalue weighted by Crippen LogP contribution is 2.18. The molecule has 0 aromatic carbocycles. The van der Waals surface area contributed by atoms with Gasteiger partial charge in [-0.2, -0.15) is 0 Å². The second kappa shape index (κ2) is 6.80. The average Bonchev–Trinajstić information content (AvgIpc) is 2.80. The lowest BCUT2D eigenvalue weighted by Crippen LogP contribution is -2.54. The number of nitrogens with zero attached hydrogens (tertiary/aromatic N) is 2. The zero-order valence-electron chi connectivity index (χ0n) is 12.6. The molecular formula is C15H16ClN3O4. The summed E-state index contributed by atoms with van der Waals surface area (Å²) in [5, 5.41) is 11.8. The van der Waals surface area contributed by atoms with E-state index in [4.69, 9.17) is 16.3 Å². The van der Waals surface area contributed by atoms with Gasteiger partial charge in [-0.05, 0) is 25.1 Å². The molecule has 8 heteroatoms. The lowest BCUT2D eigenvalue weighted by atomic mass is 10.0. The largest absolute Gasteiger partial charge is 0.479 e.